The number of alkyl halides is 3. The molecule has 0 amide bonds. The molecule has 20 heavy (non-hydrogen) atoms. The van der Waals surface area contributed by atoms with E-state index >= 15 is 0 Å². The standard InChI is InChI=1S/C14H10F3N3/c1-8-5-6-18-13-11(8)19-12(20-13)9-3-2-4-10(7-9)14(15,16)17/h2-7H,1H3,(H,18,19,20). The normalized spacial score (nSPS) is 12.0. The summed E-state index contributed by atoms with van der Waals surface area (Å²) in [5.41, 5.74) is 1.85. The molecule has 3 nitrogen and oxygen atoms in total. The molecule has 0 aliphatic rings. The number of nitrogens with zero attached hydrogens (tertiary/aromatic N) is 2. The molecule has 0 unspecified atom stereocenters. The highest BCUT2D eigenvalue weighted by Crippen LogP contribution is 2.31. The molecule has 0 aliphatic heterocycles. The largest absolute Gasteiger partial charge is 0.416 e. The van der Waals surface area contributed by atoms with Crippen LogP contribution in [0.4, 0.5) is 13.2 Å². The molecular weight excluding hydrogens is 267 g/mol. The van der Waals surface area contributed by atoms with Gasteiger partial charge in [-0.1, -0.05) is 12.1 Å². The maximum absolute atomic E-state index is 12.7. The number of aromatic nitrogens is 3. The summed E-state index contributed by atoms with van der Waals surface area (Å²) in [7, 11) is 0. The minimum absolute atomic E-state index is 0.382. The molecule has 6 heteroatoms. The van der Waals surface area contributed by atoms with E-state index in [1.165, 1.54) is 6.07 Å². The second-order valence-electron chi connectivity index (χ2n) is 4.49. The zero-order valence-corrected chi connectivity index (χ0v) is 10.5. The molecule has 2 heterocycles. The highest BCUT2D eigenvalue weighted by atomic mass is 19.4. The monoisotopic (exact) mass is 277 g/mol. The van der Waals surface area contributed by atoms with E-state index in [2.05, 4.69) is 15.0 Å². The van der Waals surface area contributed by atoms with Gasteiger partial charge in [0.1, 0.15) is 11.3 Å². The third-order valence-electron chi connectivity index (χ3n) is 3.05. The van der Waals surface area contributed by atoms with Crippen LogP contribution in [0.2, 0.25) is 0 Å². The van der Waals surface area contributed by atoms with Crippen molar-refractivity contribution >= 4 is 11.2 Å². The fourth-order valence-corrected chi connectivity index (χ4v) is 2.01. The van der Waals surface area contributed by atoms with Crippen LogP contribution < -0.4 is 0 Å². The highest BCUT2D eigenvalue weighted by Gasteiger charge is 2.30. The summed E-state index contributed by atoms with van der Waals surface area (Å²) in [4.78, 5) is 11.4. The Morgan fingerprint density at radius 1 is 1.15 bits per heavy atom. The van der Waals surface area contributed by atoms with Gasteiger partial charge in [-0.2, -0.15) is 13.2 Å². The number of rotatable bonds is 1. The number of imidazole rings is 1. The van der Waals surface area contributed by atoms with Gasteiger partial charge < -0.3 is 4.98 Å². The minimum atomic E-state index is -4.36. The molecule has 3 rings (SSSR count). The molecule has 3 aromatic rings. The molecule has 0 saturated heterocycles. The van der Waals surface area contributed by atoms with Crippen LogP contribution in [-0.2, 0) is 6.18 Å². The molecular formula is C14H10F3N3. The Hall–Kier alpha value is -2.37. The lowest BCUT2D eigenvalue weighted by Gasteiger charge is -2.07. The maximum Gasteiger partial charge on any atom is 0.416 e. The van der Waals surface area contributed by atoms with Crippen molar-refractivity contribution < 1.29 is 13.2 Å². The van der Waals surface area contributed by atoms with Crippen LogP contribution >= 0.6 is 0 Å². The topological polar surface area (TPSA) is 41.6 Å². The molecule has 0 aliphatic carbocycles. The van der Waals surface area contributed by atoms with Crippen molar-refractivity contribution in [2.24, 2.45) is 0 Å². The predicted octanol–water partition coefficient (Wildman–Crippen LogP) is 3.95. The molecule has 0 spiro atoms. The second-order valence-corrected chi connectivity index (χ2v) is 4.49. The van der Waals surface area contributed by atoms with Gasteiger partial charge in [-0.3, -0.25) is 0 Å². The highest BCUT2D eigenvalue weighted by molar-refractivity contribution is 5.78. The number of halogens is 3. The Balaban J connectivity index is 2.14. The fourth-order valence-electron chi connectivity index (χ4n) is 2.01. The van der Waals surface area contributed by atoms with Crippen molar-refractivity contribution in [3.05, 3.63) is 47.7 Å². The van der Waals surface area contributed by atoms with Crippen molar-refractivity contribution in [2.75, 3.05) is 0 Å². The zero-order valence-electron chi connectivity index (χ0n) is 10.5. The zero-order chi connectivity index (χ0) is 14.3. The molecule has 0 radical (unpaired) electrons. The quantitative estimate of drug-likeness (QED) is 0.731. The number of nitrogens with one attached hydrogen (secondary N) is 1. The summed E-state index contributed by atoms with van der Waals surface area (Å²) in [6.07, 6.45) is -2.73. The first-order valence-corrected chi connectivity index (χ1v) is 5.94. The third kappa shape index (κ3) is 2.13. The Labute approximate surface area is 112 Å². The van der Waals surface area contributed by atoms with E-state index in [9.17, 15) is 13.2 Å². The van der Waals surface area contributed by atoms with E-state index < -0.39 is 11.7 Å². The van der Waals surface area contributed by atoms with Gasteiger partial charge in [0.15, 0.2) is 5.65 Å². The summed E-state index contributed by atoms with van der Waals surface area (Å²) in [6.45, 7) is 1.88. The molecule has 0 bridgehead atoms. The first-order chi connectivity index (χ1) is 9.45. The Bertz CT molecular complexity index is 775. The Kier molecular flexibility index (Phi) is 2.74. The molecule has 1 N–H and O–H groups in total. The SMILES string of the molecule is Cc1ccnc2[nH]c(-c3cccc(C(F)(F)F)c3)nc12. The number of fused-ring (bicyclic) bond motifs is 1. The smallest absolute Gasteiger partial charge is 0.323 e. The Morgan fingerprint density at radius 2 is 1.95 bits per heavy atom. The van der Waals surface area contributed by atoms with Gasteiger partial charge in [-0.15, -0.1) is 0 Å². The average molecular weight is 277 g/mol. The van der Waals surface area contributed by atoms with Gasteiger partial charge >= 0.3 is 6.18 Å². The van der Waals surface area contributed by atoms with E-state index in [0.29, 0.717) is 22.6 Å². The van der Waals surface area contributed by atoms with Gasteiger partial charge in [0.05, 0.1) is 5.56 Å². The van der Waals surface area contributed by atoms with Crippen molar-refractivity contribution in [1.82, 2.24) is 15.0 Å². The van der Waals surface area contributed by atoms with E-state index in [-0.39, 0.29) is 0 Å². The fraction of sp³-hybridized carbons (Fsp3) is 0.143. The first-order valence-electron chi connectivity index (χ1n) is 5.94. The lowest BCUT2D eigenvalue weighted by molar-refractivity contribution is -0.137. The third-order valence-corrected chi connectivity index (χ3v) is 3.05. The van der Waals surface area contributed by atoms with Crippen LogP contribution in [0.25, 0.3) is 22.6 Å². The number of benzene rings is 1. The van der Waals surface area contributed by atoms with Crippen molar-refractivity contribution in [2.45, 2.75) is 13.1 Å². The van der Waals surface area contributed by atoms with Crippen LogP contribution in [-0.4, -0.2) is 15.0 Å². The lowest BCUT2D eigenvalue weighted by Crippen LogP contribution is -2.04. The van der Waals surface area contributed by atoms with Crippen LogP contribution in [0, 0.1) is 6.92 Å². The summed E-state index contributed by atoms with van der Waals surface area (Å²) in [5.74, 6) is 0.382. The number of hydrogen-bond donors (Lipinski definition) is 1. The van der Waals surface area contributed by atoms with Crippen LogP contribution in [0.3, 0.4) is 0 Å². The van der Waals surface area contributed by atoms with E-state index in [1.54, 1.807) is 18.3 Å². The Morgan fingerprint density at radius 3 is 2.65 bits per heavy atom. The summed E-state index contributed by atoms with van der Waals surface area (Å²) in [5, 5.41) is 0. The molecule has 0 atom stereocenters. The molecule has 0 fully saturated rings. The van der Waals surface area contributed by atoms with E-state index in [4.69, 9.17) is 0 Å². The molecule has 1 aromatic carbocycles. The van der Waals surface area contributed by atoms with Crippen LogP contribution in [0.15, 0.2) is 36.5 Å². The average Bonchev–Trinajstić information content (AvgIpc) is 2.83. The van der Waals surface area contributed by atoms with Gasteiger partial charge in [-0.25, -0.2) is 9.97 Å². The number of pyridine rings is 1. The number of aryl methyl sites for hydroxylation is 1. The predicted molar refractivity (Wildman–Crippen MR) is 69.1 cm³/mol. The van der Waals surface area contributed by atoms with Crippen molar-refractivity contribution in [3.8, 4) is 11.4 Å². The van der Waals surface area contributed by atoms with Crippen molar-refractivity contribution in [3.63, 3.8) is 0 Å². The van der Waals surface area contributed by atoms with Crippen molar-refractivity contribution in [1.29, 1.82) is 0 Å². The van der Waals surface area contributed by atoms with Gasteiger partial charge in [0.2, 0.25) is 0 Å². The van der Waals surface area contributed by atoms with Gasteiger partial charge in [-0.05, 0) is 30.7 Å². The van der Waals surface area contributed by atoms with Gasteiger partial charge in [0, 0.05) is 11.8 Å². The molecule has 0 saturated carbocycles. The van der Waals surface area contributed by atoms with E-state index in [1.807, 2.05) is 6.92 Å². The van der Waals surface area contributed by atoms with E-state index in [0.717, 1.165) is 17.7 Å². The summed E-state index contributed by atoms with van der Waals surface area (Å²) >= 11 is 0. The summed E-state index contributed by atoms with van der Waals surface area (Å²) in [6, 6.07) is 6.87. The number of H-pyrrole nitrogens is 1. The van der Waals surface area contributed by atoms with Gasteiger partial charge in [0.25, 0.3) is 0 Å². The minimum Gasteiger partial charge on any atom is -0.323 e. The lowest BCUT2D eigenvalue weighted by atomic mass is 10.1. The second kappa shape index (κ2) is 4.33. The van der Waals surface area contributed by atoms with Crippen LogP contribution in [0.5, 0.6) is 0 Å². The maximum atomic E-state index is 12.7. The van der Waals surface area contributed by atoms with Crippen LogP contribution in [0.1, 0.15) is 11.1 Å². The summed E-state index contributed by atoms with van der Waals surface area (Å²) < 4.78 is 38.1. The molecule has 102 valence electrons. The number of hydrogen-bond acceptors (Lipinski definition) is 2. The first kappa shape index (κ1) is 12.7. The number of aromatic amines is 1. The molecule has 2 aromatic heterocycles.